The van der Waals surface area contributed by atoms with Crippen molar-refractivity contribution >= 4 is 27.8 Å². The molecule has 0 spiro atoms. The van der Waals surface area contributed by atoms with Crippen molar-refractivity contribution in [2.75, 3.05) is 0 Å². The fraction of sp³-hybridized carbons (Fsp3) is 0.143. The minimum atomic E-state index is -1.91. The molecule has 0 amide bonds. The summed E-state index contributed by atoms with van der Waals surface area (Å²) < 4.78 is 0. The molecule has 0 fully saturated rings. The molecular weight excluding hydrogens is 260 g/mol. The summed E-state index contributed by atoms with van der Waals surface area (Å²) in [6.45, 7) is 0. The third-order valence-corrected chi connectivity index (χ3v) is 3.20. The standard InChI is InChI=1S/C14H12N2O4/c17-11(12(18)14(19)20)13-15-9-5-7-3-1-2-4-8(7)6-10(9)16-13/h1-6,11-12,17-18H,(H,15,16)(H,19,20). The van der Waals surface area contributed by atoms with Crippen LogP contribution in [0.15, 0.2) is 36.4 Å². The molecule has 4 N–H and O–H groups in total. The number of fused-ring (bicyclic) bond motifs is 2. The third kappa shape index (κ3) is 2.01. The number of nitrogens with zero attached hydrogens (tertiary/aromatic N) is 1. The average molecular weight is 272 g/mol. The van der Waals surface area contributed by atoms with E-state index >= 15 is 0 Å². The molecule has 20 heavy (non-hydrogen) atoms. The van der Waals surface area contributed by atoms with Crippen molar-refractivity contribution in [1.29, 1.82) is 0 Å². The highest BCUT2D eigenvalue weighted by atomic mass is 16.4. The zero-order chi connectivity index (χ0) is 14.3. The van der Waals surface area contributed by atoms with Crippen LogP contribution >= 0.6 is 0 Å². The smallest absolute Gasteiger partial charge is 0.335 e. The Morgan fingerprint density at radius 1 is 1.15 bits per heavy atom. The average Bonchev–Trinajstić information content (AvgIpc) is 2.85. The van der Waals surface area contributed by atoms with Crippen LogP contribution in [-0.2, 0) is 4.79 Å². The van der Waals surface area contributed by atoms with E-state index in [-0.39, 0.29) is 5.82 Å². The Morgan fingerprint density at radius 2 is 1.80 bits per heavy atom. The minimum Gasteiger partial charge on any atom is -0.479 e. The number of imidazole rings is 1. The van der Waals surface area contributed by atoms with Gasteiger partial charge in [-0.3, -0.25) is 0 Å². The van der Waals surface area contributed by atoms with Crippen LogP contribution in [0.4, 0.5) is 0 Å². The first-order valence-corrected chi connectivity index (χ1v) is 6.03. The van der Waals surface area contributed by atoms with Gasteiger partial charge in [0.05, 0.1) is 11.0 Å². The number of carboxylic acids is 1. The number of rotatable bonds is 3. The van der Waals surface area contributed by atoms with Crippen molar-refractivity contribution < 1.29 is 20.1 Å². The van der Waals surface area contributed by atoms with Gasteiger partial charge in [0.15, 0.2) is 6.10 Å². The molecule has 6 heteroatoms. The number of hydrogen-bond acceptors (Lipinski definition) is 4. The van der Waals surface area contributed by atoms with E-state index in [0.717, 1.165) is 10.8 Å². The van der Waals surface area contributed by atoms with Crippen LogP contribution in [0.3, 0.4) is 0 Å². The number of H-pyrrole nitrogens is 1. The summed E-state index contributed by atoms with van der Waals surface area (Å²) in [5, 5.41) is 29.8. The lowest BCUT2D eigenvalue weighted by Crippen LogP contribution is -2.28. The van der Waals surface area contributed by atoms with Crippen LogP contribution in [-0.4, -0.2) is 37.4 Å². The Balaban J connectivity index is 2.10. The lowest BCUT2D eigenvalue weighted by atomic mass is 10.1. The minimum absolute atomic E-state index is 0.0326. The summed E-state index contributed by atoms with van der Waals surface area (Å²) >= 11 is 0. The van der Waals surface area contributed by atoms with Crippen molar-refractivity contribution in [2.45, 2.75) is 12.2 Å². The molecule has 0 bridgehead atoms. The van der Waals surface area contributed by atoms with E-state index in [0.29, 0.717) is 11.0 Å². The Labute approximate surface area is 113 Å². The Kier molecular flexibility index (Phi) is 2.89. The first kappa shape index (κ1) is 12.6. The molecule has 0 aliphatic rings. The molecular formula is C14H12N2O4. The van der Waals surface area contributed by atoms with Crippen molar-refractivity contribution in [3.63, 3.8) is 0 Å². The van der Waals surface area contributed by atoms with Gasteiger partial charge < -0.3 is 20.3 Å². The summed E-state index contributed by atoms with van der Waals surface area (Å²) in [5.74, 6) is -1.46. The van der Waals surface area contributed by atoms with E-state index in [4.69, 9.17) is 5.11 Å². The van der Waals surface area contributed by atoms with E-state index in [1.807, 2.05) is 36.4 Å². The number of aliphatic hydroxyl groups excluding tert-OH is 2. The normalized spacial score (nSPS) is 14.5. The quantitative estimate of drug-likeness (QED) is 0.573. The number of aromatic nitrogens is 2. The van der Waals surface area contributed by atoms with E-state index in [2.05, 4.69) is 9.97 Å². The van der Waals surface area contributed by atoms with Gasteiger partial charge in [-0.2, -0.15) is 0 Å². The molecule has 0 saturated heterocycles. The van der Waals surface area contributed by atoms with Gasteiger partial charge >= 0.3 is 5.97 Å². The van der Waals surface area contributed by atoms with Crippen LogP contribution in [0.25, 0.3) is 21.8 Å². The molecule has 6 nitrogen and oxygen atoms in total. The number of aliphatic hydroxyl groups is 2. The van der Waals surface area contributed by atoms with E-state index in [1.165, 1.54) is 0 Å². The fourth-order valence-corrected chi connectivity index (χ4v) is 2.14. The maximum atomic E-state index is 10.7. The number of nitrogens with one attached hydrogen (secondary N) is 1. The molecule has 102 valence electrons. The number of carbonyl (C=O) groups is 1. The van der Waals surface area contributed by atoms with Crippen molar-refractivity contribution in [3.05, 3.63) is 42.2 Å². The van der Waals surface area contributed by atoms with Gasteiger partial charge in [-0.15, -0.1) is 0 Å². The van der Waals surface area contributed by atoms with E-state index in [9.17, 15) is 15.0 Å². The maximum absolute atomic E-state index is 10.7. The van der Waals surface area contributed by atoms with Crippen LogP contribution in [0.2, 0.25) is 0 Å². The number of aromatic amines is 1. The second-order valence-electron chi connectivity index (χ2n) is 4.57. The highest BCUT2D eigenvalue weighted by Gasteiger charge is 2.27. The first-order chi connectivity index (χ1) is 9.56. The first-order valence-electron chi connectivity index (χ1n) is 6.03. The van der Waals surface area contributed by atoms with Gasteiger partial charge in [0.25, 0.3) is 0 Å². The molecule has 2 unspecified atom stereocenters. The molecule has 3 aromatic rings. The summed E-state index contributed by atoms with van der Waals surface area (Å²) in [6.07, 6.45) is -3.51. The number of benzene rings is 2. The van der Waals surface area contributed by atoms with Crippen LogP contribution in [0, 0.1) is 0 Å². The second-order valence-corrected chi connectivity index (χ2v) is 4.57. The number of carboxylic acid groups (broad SMARTS) is 1. The molecule has 0 aliphatic heterocycles. The zero-order valence-electron chi connectivity index (χ0n) is 10.3. The largest absolute Gasteiger partial charge is 0.479 e. The maximum Gasteiger partial charge on any atom is 0.335 e. The predicted molar refractivity (Wildman–Crippen MR) is 72.2 cm³/mol. The molecule has 1 heterocycles. The van der Waals surface area contributed by atoms with E-state index < -0.39 is 18.2 Å². The number of aliphatic carboxylic acids is 1. The van der Waals surface area contributed by atoms with Crippen LogP contribution < -0.4 is 0 Å². The predicted octanol–water partition coefficient (Wildman–Crippen LogP) is 1.20. The summed E-state index contributed by atoms with van der Waals surface area (Å²) in [6, 6.07) is 11.4. The van der Waals surface area contributed by atoms with Gasteiger partial charge in [-0.05, 0) is 22.9 Å². The fourth-order valence-electron chi connectivity index (χ4n) is 2.14. The Hall–Kier alpha value is -2.44. The van der Waals surface area contributed by atoms with Crippen LogP contribution in [0.5, 0.6) is 0 Å². The lowest BCUT2D eigenvalue weighted by Gasteiger charge is -2.10. The van der Waals surface area contributed by atoms with Gasteiger partial charge in [0, 0.05) is 0 Å². The highest BCUT2D eigenvalue weighted by molar-refractivity contribution is 5.95. The van der Waals surface area contributed by atoms with Crippen molar-refractivity contribution in [3.8, 4) is 0 Å². The second kappa shape index (κ2) is 4.59. The summed E-state index contributed by atoms with van der Waals surface area (Å²) in [7, 11) is 0. The Bertz CT molecular complexity index is 744. The summed E-state index contributed by atoms with van der Waals surface area (Å²) in [4.78, 5) is 17.6. The van der Waals surface area contributed by atoms with Crippen molar-refractivity contribution in [1.82, 2.24) is 9.97 Å². The molecule has 0 aliphatic carbocycles. The zero-order valence-corrected chi connectivity index (χ0v) is 10.3. The molecule has 0 radical (unpaired) electrons. The monoisotopic (exact) mass is 272 g/mol. The highest BCUT2D eigenvalue weighted by Crippen LogP contribution is 2.23. The molecule has 1 aromatic heterocycles. The van der Waals surface area contributed by atoms with E-state index in [1.54, 1.807) is 0 Å². The topological polar surface area (TPSA) is 106 Å². The van der Waals surface area contributed by atoms with Crippen molar-refractivity contribution in [2.24, 2.45) is 0 Å². The molecule has 0 saturated carbocycles. The van der Waals surface area contributed by atoms with Gasteiger partial charge in [0.1, 0.15) is 11.9 Å². The number of hydrogen-bond donors (Lipinski definition) is 4. The summed E-state index contributed by atoms with van der Waals surface area (Å²) in [5.41, 5.74) is 1.28. The molecule has 2 aromatic carbocycles. The van der Waals surface area contributed by atoms with Crippen LogP contribution in [0.1, 0.15) is 11.9 Å². The Morgan fingerprint density at radius 3 is 2.45 bits per heavy atom. The lowest BCUT2D eigenvalue weighted by molar-refractivity contribution is -0.153. The SMILES string of the molecule is O=C(O)C(O)C(O)c1nc2cc3ccccc3cc2[nH]1. The third-order valence-electron chi connectivity index (χ3n) is 3.20. The van der Waals surface area contributed by atoms with Gasteiger partial charge in [-0.25, -0.2) is 9.78 Å². The van der Waals surface area contributed by atoms with Gasteiger partial charge in [0.2, 0.25) is 0 Å². The van der Waals surface area contributed by atoms with Gasteiger partial charge in [-0.1, -0.05) is 24.3 Å². The molecule has 2 atom stereocenters. The molecule has 3 rings (SSSR count).